The van der Waals surface area contributed by atoms with E-state index in [1.54, 1.807) is 20.8 Å². The lowest BCUT2D eigenvalue weighted by molar-refractivity contribution is 0.233. The van der Waals surface area contributed by atoms with E-state index in [4.69, 9.17) is 5.11 Å². The smallest absolute Gasteiger partial charge is 0.277 e. The van der Waals surface area contributed by atoms with Gasteiger partial charge in [-0.25, -0.2) is 0 Å². The minimum atomic E-state index is -3.48. The molecule has 0 aliphatic rings. The van der Waals surface area contributed by atoms with Crippen LogP contribution in [0.3, 0.4) is 0 Å². The number of nitrogens with one attached hydrogen (secondary N) is 2. The Morgan fingerprint density at radius 1 is 1.40 bits per heavy atom. The molecule has 0 aromatic rings. The zero-order valence-electron chi connectivity index (χ0n) is 9.87. The average Bonchev–Trinajstić information content (AvgIpc) is 2.00. The van der Waals surface area contributed by atoms with E-state index in [-0.39, 0.29) is 12.6 Å². The molecule has 1 unspecified atom stereocenters. The summed E-state index contributed by atoms with van der Waals surface area (Å²) in [5.41, 5.74) is -0.588. The number of hydrogen-bond donors (Lipinski definition) is 3. The molecule has 0 radical (unpaired) electrons. The molecule has 0 aromatic carbocycles. The molecular weight excluding hydrogens is 216 g/mol. The summed E-state index contributed by atoms with van der Waals surface area (Å²) < 4.78 is 28.2. The molecule has 15 heavy (non-hydrogen) atoms. The first kappa shape index (κ1) is 14.8. The van der Waals surface area contributed by atoms with Gasteiger partial charge >= 0.3 is 0 Å². The lowest BCUT2D eigenvalue weighted by atomic mass is 9.97. The molecule has 0 heterocycles. The molecule has 3 N–H and O–H groups in total. The molecule has 0 saturated heterocycles. The summed E-state index contributed by atoms with van der Waals surface area (Å²) in [7, 11) is -3.48. The van der Waals surface area contributed by atoms with Crippen LogP contribution < -0.4 is 9.44 Å². The fourth-order valence-corrected chi connectivity index (χ4v) is 2.79. The Labute approximate surface area is 92.4 Å². The van der Waals surface area contributed by atoms with Crippen LogP contribution in [-0.2, 0) is 10.2 Å². The van der Waals surface area contributed by atoms with Gasteiger partial charge in [0.2, 0.25) is 0 Å². The van der Waals surface area contributed by atoms with Crippen molar-refractivity contribution in [1.82, 2.24) is 9.44 Å². The van der Waals surface area contributed by atoms with Gasteiger partial charge in [-0.1, -0.05) is 6.92 Å². The molecule has 6 heteroatoms. The predicted molar refractivity (Wildman–Crippen MR) is 60.7 cm³/mol. The fourth-order valence-electron chi connectivity index (χ4n) is 1.21. The molecule has 0 fully saturated rings. The summed E-state index contributed by atoms with van der Waals surface area (Å²) in [4.78, 5) is 0. The van der Waals surface area contributed by atoms with Crippen molar-refractivity contribution >= 4 is 10.2 Å². The molecule has 0 rings (SSSR count). The third kappa shape index (κ3) is 6.09. The van der Waals surface area contributed by atoms with Crippen molar-refractivity contribution in [2.45, 2.75) is 52.1 Å². The maximum Gasteiger partial charge on any atom is 0.277 e. The second kappa shape index (κ2) is 5.79. The van der Waals surface area contributed by atoms with Gasteiger partial charge in [0.05, 0.1) is 0 Å². The number of hydrogen-bond acceptors (Lipinski definition) is 3. The van der Waals surface area contributed by atoms with Gasteiger partial charge in [0, 0.05) is 18.2 Å². The Balaban J connectivity index is 4.53. The molecule has 0 aliphatic carbocycles. The van der Waals surface area contributed by atoms with Crippen LogP contribution in [0, 0.1) is 0 Å². The van der Waals surface area contributed by atoms with Crippen LogP contribution in [0.1, 0.15) is 40.5 Å². The third-order valence-corrected chi connectivity index (χ3v) is 3.76. The van der Waals surface area contributed by atoms with Gasteiger partial charge in [-0.3, -0.25) is 0 Å². The van der Waals surface area contributed by atoms with Crippen LogP contribution in [0.5, 0.6) is 0 Å². The summed E-state index contributed by atoms with van der Waals surface area (Å²) in [5.74, 6) is 0. The van der Waals surface area contributed by atoms with Crippen LogP contribution in [0.4, 0.5) is 0 Å². The van der Waals surface area contributed by atoms with Crippen LogP contribution in [0.15, 0.2) is 0 Å². The highest BCUT2D eigenvalue weighted by molar-refractivity contribution is 7.87. The molecule has 0 bridgehead atoms. The Kier molecular flexibility index (Phi) is 5.72. The standard InChI is InChI=1S/C9H22N2O3S/c1-5-9(4,6-7-12)11-15(13,14)10-8(2)3/h8,10-12H,5-7H2,1-4H3. The quantitative estimate of drug-likeness (QED) is 0.599. The van der Waals surface area contributed by atoms with Gasteiger partial charge in [0.15, 0.2) is 0 Å². The molecule has 5 nitrogen and oxygen atoms in total. The van der Waals surface area contributed by atoms with Crippen molar-refractivity contribution in [3.63, 3.8) is 0 Å². The summed E-state index contributed by atoms with van der Waals surface area (Å²) in [6, 6.07) is -0.141. The Morgan fingerprint density at radius 3 is 2.27 bits per heavy atom. The maximum atomic E-state index is 11.6. The molecule has 0 aromatic heterocycles. The van der Waals surface area contributed by atoms with E-state index >= 15 is 0 Å². The van der Waals surface area contributed by atoms with Gasteiger partial charge in [0.25, 0.3) is 10.2 Å². The second-order valence-electron chi connectivity index (χ2n) is 4.27. The summed E-state index contributed by atoms with van der Waals surface area (Å²) >= 11 is 0. The number of aliphatic hydroxyl groups excluding tert-OH is 1. The highest BCUT2D eigenvalue weighted by atomic mass is 32.2. The van der Waals surface area contributed by atoms with Gasteiger partial charge in [-0.05, 0) is 33.6 Å². The number of aliphatic hydroxyl groups is 1. The van der Waals surface area contributed by atoms with Crippen molar-refractivity contribution in [1.29, 1.82) is 0 Å². The van der Waals surface area contributed by atoms with Gasteiger partial charge in [-0.2, -0.15) is 17.9 Å². The average molecular weight is 238 g/mol. The first-order chi connectivity index (χ1) is 6.74. The molecule has 0 spiro atoms. The van der Waals surface area contributed by atoms with Crippen LogP contribution in [0.2, 0.25) is 0 Å². The minimum absolute atomic E-state index is 0.0332. The van der Waals surface area contributed by atoms with E-state index in [0.717, 1.165) is 0 Å². The Morgan fingerprint density at radius 2 is 1.93 bits per heavy atom. The molecule has 0 aliphatic heterocycles. The molecule has 0 amide bonds. The van der Waals surface area contributed by atoms with Gasteiger partial charge in [0.1, 0.15) is 0 Å². The summed E-state index contributed by atoms with van der Waals surface area (Å²) in [5, 5.41) is 8.86. The van der Waals surface area contributed by atoms with E-state index in [1.807, 2.05) is 6.92 Å². The molecule has 0 saturated carbocycles. The first-order valence-electron chi connectivity index (χ1n) is 5.17. The lowest BCUT2D eigenvalue weighted by Crippen LogP contribution is -2.52. The lowest BCUT2D eigenvalue weighted by Gasteiger charge is -2.29. The third-order valence-electron chi connectivity index (χ3n) is 2.22. The Hall–Kier alpha value is -0.170. The minimum Gasteiger partial charge on any atom is -0.396 e. The second-order valence-corrected chi connectivity index (χ2v) is 5.71. The highest BCUT2D eigenvalue weighted by Crippen LogP contribution is 2.14. The SMILES string of the molecule is CCC(C)(CCO)NS(=O)(=O)NC(C)C. The van der Waals surface area contributed by atoms with Crippen molar-refractivity contribution in [2.24, 2.45) is 0 Å². The zero-order valence-corrected chi connectivity index (χ0v) is 10.7. The highest BCUT2D eigenvalue weighted by Gasteiger charge is 2.27. The monoisotopic (exact) mass is 238 g/mol. The maximum absolute atomic E-state index is 11.6. The Bertz CT molecular complexity index is 277. The van der Waals surface area contributed by atoms with E-state index in [0.29, 0.717) is 12.8 Å². The van der Waals surface area contributed by atoms with Gasteiger partial charge in [-0.15, -0.1) is 0 Å². The summed E-state index contributed by atoms with van der Waals surface area (Å²) in [6.45, 7) is 7.15. The van der Waals surface area contributed by atoms with E-state index < -0.39 is 15.7 Å². The molecule has 1 atom stereocenters. The first-order valence-corrected chi connectivity index (χ1v) is 6.65. The fraction of sp³-hybridized carbons (Fsp3) is 1.00. The van der Waals surface area contributed by atoms with E-state index in [1.165, 1.54) is 0 Å². The molecular formula is C9H22N2O3S. The zero-order chi connectivity index (χ0) is 12.1. The van der Waals surface area contributed by atoms with E-state index in [9.17, 15) is 8.42 Å². The van der Waals surface area contributed by atoms with E-state index in [2.05, 4.69) is 9.44 Å². The largest absolute Gasteiger partial charge is 0.396 e. The topological polar surface area (TPSA) is 78.4 Å². The normalized spacial score (nSPS) is 16.7. The van der Waals surface area contributed by atoms with Crippen LogP contribution in [0.25, 0.3) is 0 Å². The van der Waals surface area contributed by atoms with Crippen molar-refractivity contribution in [3.8, 4) is 0 Å². The molecule has 92 valence electrons. The summed E-state index contributed by atoms with van der Waals surface area (Å²) in [6.07, 6.45) is 1.04. The van der Waals surface area contributed by atoms with Crippen molar-refractivity contribution < 1.29 is 13.5 Å². The van der Waals surface area contributed by atoms with Crippen molar-refractivity contribution in [3.05, 3.63) is 0 Å². The van der Waals surface area contributed by atoms with Crippen molar-refractivity contribution in [2.75, 3.05) is 6.61 Å². The van der Waals surface area contributed by atoms with Gasteiger partial charge < -0.3 is 5.11 Å². The number of rotatable bonds is 7. The van der Waals surface area contributed by atoms with Crippen LogP contribution in [-0.4, -0.2) is 31.7 Å². The van der Waals surface area contributed by atoms with Crippen LogP contribution >= 0.6 is 0 Å². The predicted octanol–water partition coefficient (Wildman–Crippen LogP) is 0.370.